The number of hydrogen-bond donors (Lipinski definition) is 1. The van der Waals surface area contributed by atoms with E-state index in [9.17, 15) is 0 Å². The molecule has 1 aromatic heterocycles. The lowest BCUT2D eigenvalue weighted by Gasteiger charge is -2.31. The molecule has 0 saturated carbocycles. The Balaban J connectivity index is 1.92. The largest absolute Gasteiger partial charge is 0.377 e. The minimum Gasteiger partial charge on any atom is -0.377 e. The van der Waals surface area contributed by atoms with Crippen LogP contribution in [0.4, 0.5) is 0 Å². The molecule has 1 saturated heterocycles. The van der Waals surface area contributed by atoms with Gasteiger partial charge in [0.1, 0.15) is 0 Å². The van der Waals surface area contributed by atoms with E-state index in [1.807, 2.05) is 20.8 Å². The second-order valence-corrected chi connectivity index (χ2v) is 5.69. The molecule has 1 aliphatic rings. The zero-order valence-corrected chi connectivity index (χ0v) is 12.1. The molecular weight excluding hydrogens is 244 g/mol. The number of ether oxygens (including phenoxy) is 1. The maximum absolute atomic E-state index is 5.95. The first-order valence-corrected chi connectivity index (χ1v) is 6.95. The first-order chi connectivity index (χ1) is 8.99. The van der Waals surface area contributed by atoms with E-state index in [4.69, 9.17) is 15.0 Å². The third-order valence-electron chi connectivity index (χ3n) is 3.27. The number of likely N-dealkylation sites (tertiary alicyclic amines) is 1. The van der Waals surface area contributed by atoms with Gasteiger partial charge in [-0.05, 0) is 40.2 Å². The molecule has 19 heavy (non-hydrogen) atoms. The predicted molar refractivity (Wildman–Crippen MR) is 71.4 cm³/mol. The van der Waals surface area contributed by atoms with Crippen molar-refractivity contribution in [2.24, 2.45) is 5.73 Å². The first-order valence-electron chi connectivity index (χ1n) is 6.95. The van der Waals surface area contributed by atoms with E-state index in [1.54, 1.807) is 0 Å². The summed E-state index contributed by atoms with van der Waals surface area (Å²) < 4.78 is 10.9. The molecule has 6 nitrogen and oxygen atoms in total. The minimum atomic E-state index is -0.558. The highest BCUT2D eigenvalue weighted by atomic mass is 16.5. The fourth-order valence-electron chi connectivity index (χ4n) is 2.30. The molecule has 1 fully saturated rings. The summed E-state index contributed by atoms with van der Waals surface area (Å²) in [7, 11) is 0. The van der Waals surface area contributed by atoms with Crippen molar-refractivity contribution in [3.8, 4) is 0 Å². The SMILES string of the molecule is CCOC1CCCN(Cc2nc(C(C)(C)N)no2)C1. The van der Waals surface area contributed by atoms with E-state index in [0.717, 1.165) is 32.5 Å². The first kappa shape index (κ1) is 14.4. The van der Waals surface area contributed by atoms with Crippen molar-refractivity contribution in [3.63, 3.8) is 0 Å². The zero-order valence-electron chi connectivity index (χ0n) is 12.1. The van der Waals surface area contributed by atoms with Crippen LogP contribution in [-0.4, -0.2) is 40.8 Å². The van der Waals surface area contributed by atoms with Crippen molar-refractivity contribution < 1.29 is 9.26 Å². The number of piperidine rings is 1. The van der Waals surface area contributed by atoms with E-state index in [1.165, 1.54) is 0 Å². The second-order valence-electron chi connectivity index (χ2n) is 5.69. The summed E-state index contributed by atoms with van der Waals surface area (Å²) in [4.78, 5) is 6.66. The molecule has 0 bridgehead atoms. The van der Waals surface area contributed by atoms with Gasteiger partial charge in [-0.25, -0.2) is 0 Å². The van der Waals surface area contributed by atoms with E-state index < -0.39 is 5.54 Å². The van der Waals surface area contributed by atoms with Gasteiger partial charge in [-0.2, -0.15) is 4.98 Å². The second kappa shape index (κ2) is 5.98. The van der Waals surface area contributed by atoms with Gasteiger partial charge in [-0.15, -0.1) is 0 Å². The Hall–Kier alpha value is -0.980. The van der Waals surface area contributed by atoms with Gasteiger partial charge in [-0.3, -0.25) is 4.90 Å². The molecule has 2 rings (SSSR count). The van der Waals surface area contributed by atoms with Crippen molar-refractivity contribution in [1.82, 2.24) is 15.0 Å². The molecule has 1 unspecified atom stereocenters. The van der Waals surface area contributed by atoms with Crippen molar-refractivity contribution in [2.75, 3.05) is 19.7 Å². The summed E-state index contributed by atoms with van der Waals surface area (Å²) >= 11 is 0. The highest BCUT2D eigenvalue weighted by Crippen LogP contribution is 2.17. The van der Waals surface area contributed by atoms with Crippen LogP contribution in [0.5, 0.6) is 0 Å². The normalized spacial score (nSPS) is 21.8. The average Bonchev–Trinajstić information content (AvgIpc) is 2.78. The number of aromatic nitrogens is 2. The summed E-state index contributed by atoms with van der Waals surface area (Å²) in [6, 6.07) is 0. The third-order valence-corrected chi connectivity index (χ3v) is 3.27. The summed E-state index contributed by atoms with van der Waals surface area (Å²) in [6.07, 6.45) is 2.61. The number of nitrogens with zero attached hydrogens (tertiary/aromatic N) is 3. The maximum Gasteiger partial charge on any atom is 0.240 e. The Morgan fingerprint density at radius 1 is 1.53 bits per heavy atom. The quantitative estimate of drug-likeness (QED) is 0.866. The van der Waals surface area contributed by atoms with Crippen molar-refractivity contribution in [3.05, 3.63) is 11.7 Å². The molecule has 0 spiro atoms. The smallest absolute Gasteiger partial charge is 0.240 e. The van der Waals surface area contributed by atoms with Crippen LogP contribution in [0.1, 0.15) is 45.3 Å². The van der Waals surface area contributed by atoms with Crippen LogP contribution in [0.15, 0.2) is 4.52 Å². The van der Waals surface area contributed by atoms with Crippen molar-refractivity contribution in [2.45, 2.75) is 51.8 Å². The summed E-state index contributed by atoms with van der Waals surface area (Å²) in [5.41, 5.74) is 5.39. The van der Waals surface area contributed by atoms with Gasteiger partial charge in [0, 0.05) is 13.2 Å². The molecule has 1 aromatic rings. The van der Waals surface area contributed by atoms with E-state index in [-0.39, 0.29) is 0 Å². The van der Waals surface area contributed by atoms with Gasteiger partial charge in [0.2, 0.25) is 5.89 Å². The summed E-state index contributed by atoms with van der Waals surface area (Å²) in [5.74, 6) is 1.19. The Morgan fingerprint density at radius 3 is 2.95 bits per heavy atom. The van der Waals surface area contributed by atoms with Crippen molar-refractivity contribution >= 4 is 0 Å². The summed E-state index contributed by atoms with van der Waals surface area (Å²) in [5, 5.41) is 3.94. The molecule has 0 aliphatic carbocycles. The van der Waals surface area contributed by atoms with Gasteiger partial charge in [0.15, 0.2) is 5.82 Å². The molecule has 0 aromatic carbocycles. The van der Waals surface area contributed by atoms with Gasteiger partial charge in [0.05, 0.1) is 18.2 Å². The van der Waals surface area contributed by atoms with Crippen LogP contribution in [0, 0.1) is 0 Å². The van der Waals surface area contributed by atoms with Crippen LogP contribution in [-0.2, 0) is 16.8 Å². The van der Waals surface area contributed by atoms with Crippen LogP contribution < -0.4 is 5.73 Å². The molecule has 6 heteroatoms. The maximum atomic E-state index is 5.95. The Morgan fingerprint density at radius 2 is 2.32 bits per heavy atom. The van der Waals surface area contributed by atoms with Crippen molar-refractivity contribution in [1.29, 1.82) is 0 Å². The lowest BCUT2D eigenvalue weighted by molar-refractivity contribution is 0.00112. The van der Waals surface area contributed by atoms with Crippen LogP contribution in [0.3, 0.4) is 0 Å². The third kappa shape index (κ3) is 3.99. The molecule has 1 aliphatic heterocycles. The topological polar surface area (TPSA) is 77.4 Å². The molecule has 1 atom stereocenters. The molecule has 108 valence electrons. The predicted octanol–water partition coefficient (Wildman–Crippen LogP) is 1.26. The van der Waals surface area contributed by atoms with Crippen LogP contribution in [0.2, 0.25) is 0 Å². The standard InChI is InChI=1S/C13H24N4O2/c1-4-18-10-6-5-7-17(8-10)9-11-15-12(16-19-11)13(2,3)14/h10H,4-9,14H2,1-3H3. The Labute approximate surface area is 114 Å². The molecular formula is C13H24N4O2. The lowest BCUT2D eigenvalue weighted by Crippen LogP contribution is -2.39. The molecule has 2 N–H and O–H groups in total. The Bertz CT molecular complexity index is 398. The molecule has 0 radical (unpaired) electrons. The highest BCUT2D eigenvalue weighted by molar-refractivity contribution is 4.99. The zero-order chi connectivity index (χ0) is 13.9. The Kier molecular flexibility index (Phi) is 4.54. The monoisotopic (exact) mass is 268 g/mol. The van der Waals surface area contributed by atoms with Gasteiger partial charge in [0.25, 0.3) is 0 Å². The van der Waals surface area contributed by atoms with Gasteiger partial charge < -0.3 is 15.0 Å². The van der Waals surface area contributed by atoms with E-state index in [0.29, 0.717) is 24.4 Å². The summed E-state index contributed by atoms with van der Waals surface area (Å²) in [6.45, 7) is 9.19. The van der Waals surface area contributed by atoms with E-state index in [2.05, 4.69) is 15.0 Å². The molecule has 2 heterocycles. The fraction of sp³-hybridized carbons (Fsp3) is 0.846. The number of nitrogens with two attached hydrogens (primary N) is 1. The van der Waals surface area contributed by atoms with Gasteiger partial charge >= 0.3 is 0 Å². The van der Waals surface area contributed by atoms with Crippen LogP contribution in [0.25, 0.3) is 0 Å². The highest BCUT2D eigenvalue weighted by Gasteiger charge is 2.24. The van der Waals surface area contributed by atoms with E-state index >= 15 is 0 Å². The minimum absolute atomic E-state index is 0.326. The fourth-order valence-corrected chi connectivity index (χ4v) is 2.30. The van der Waals surface area contributed by atoms with Crippen LogP contribution >= 0.6 is 0 Å². The average molecular weight is 268 g/mol. The number of hydrogen-bond acceptors (Lipinski definition) is 6. The molecule has 0 amide bonds. The number of rotatable bonds is 5. The van der Waals surface area contributed by atoms with Gasteiger partial charge in [-0.1, -0.05) is 5.16 Å². The lowest BCUT2D eigenvalue weighted by atomic mass is 10.1.